The summed E-state index contributed by atoms with van der Waals surface area (Å²) >= 11 is 6.21. The van der Waals surface area contributed by atoms with Crippen LogP contribution in [0.2, 0.25) is 5.02 Å². The van der Waals surface area contributed by atoms with Crippen molar-refractivity contribution in [2.45, 2.75) is 11.8 Å². The molecular formula is C21H19ClN2O4S. The third-order valence-corrected chi connectivity index (χ3v) is 5.85. The van der Waals surface area contributed by atoms with E-state index in [1.807, 2.05) is 6.92 Å². The number of hydrogen-bond acceptors (Lipinski definition) is 4. The topological polar surface area (TPSA) is 84.5 Å². The van der Waals surface area contributed by atoms with Crippen molar-refractivity contribution >= 4 is 38.9 Å². The molecule has 29 heavy (non-hydrogen) atoms. The average Bonchev–Trinajstić information content (AvgIpc) is 2.70. The fourth-order valence-electron chi connectivity index (χ4n) is 2.54. The Morgan fingerprint density at radius 2 is 1.62 bits per heavy atom. The Balaban J connectivity index is 1.75. The zero-order valence-corrected chi connectivity index (χ0v) is 17.3. The highest BCUT2D eigenvalue weighted by Crippen LogP contribution is 2.26. The molecule has 2 N–H and O–H groups in total. The quantitative estimate of drug-likeness (QED) is 0.593. The van der Waals surface area contributed by atoms with E-state index in [4.69, 9.17) is 16.3 Å². The number of ether oxygens (including phenoxy) is 1. The van der Waals surface area contributed by atoms with E-state index in [0.717, 1.165) is 5.56 Å². The zero-order valence-electron chi connectivity index (χ0n) is 15.8. The van der Waals surface area contributed by atoms with Gasteiger partial charge in [0.05, 0.1) is 22.7 Å². The first kappa shape index (κ1) is 20.7. The van der Waals surface area contributed by atoms with E-state index in [0.29, 0.717) is 17.0 Å². The SMILES string of the molecule is COc1ccc(NC(=O)c2ccc(NS(=O)(=O)c3ccc(C)cc3)c(Cl)c2)cc1. The van der Waals surface area contributed by atoms with Crippen molar-refractivity contribution in [3.63, 3.8) is 0 Å². The summed E-state index contributed by atoms with van der Waals surface area (Å²) in [5.74, 6) is 0.307. The van der Waals surface area contributed by atoms with Gasteiger partial charge in [-0.1, -0.05) is 29.3 Å². The molecule has 0 bridgehead atoms. The van der Waals surface area contributed by atoms with Crippen LogP contribution < -0.4 is 14.8 Å². The molecule has 0 radical (unpaired) electrons. The number of sulfonamides is 1. The summed E-state index contributed by atoms with van der Waals surface area (Å²) in [6, 6.07) is 17.7. The second-order valence-corrected chi connectivity index (χ2v) is 8.39. The number of nitrogens with one attached hydrogen (secondary N) is 2. The number of benzene rings is 3. The number of amides is 1. The van der Waals surface area contributed by atoms with Crippen LogP contribution >= 0.6 is 11.6 Å². The van der Waals surface area contributed by atoms with Crippen molar-refractivity contribution in [1.82, 2.24) is 0 Å². The number of rotatable bonds is 6. The van der Waals surface area contributed by atoms with Crippen LogP contribution in [0, 0.1) is 6.92 Å². The van der Waals surface area contributed by atoms with Crippen molar-refractivity contribution < 1.29 is 17.9 Å². The Morgan fingerprint density at radius 3 is 2.21 bits per heavy atom. The summed E-state index contributed by atoms with van der Waals surface area (Å²) in [5.41, 5.74) is 2.03. The molecule has 0 atom stereocenters. The molecular weight excluding hydrogens is 412 g/mol. The number of carbonyl (C=O) groups is 1. The monoisotopic (exact) mass is 430 g/mol. The Hall–Kier alpha value is -3.03. The maximum Gasteiger partial charge on any atom is 0.261 e. The van der Waals surface area contributed by atoms with Gasteiger partial charge in [0.15, 0.2) is 0 Å². The van der Waals surface area contributed by atoms with Crippen molar-refractivity contribution in [3.8, 4) is 5.75 Å². The lowest BCUT2D eigenvalue weighted by Gasteiger charge is -2.11. The van der Waals surface area contributed by atoms with E-state index in [-0.39, 0.29) is 21.5 Å². The minimum atomic E-state index is -3.79. The summed E-state index contributed by atoms with van der Waals surface area (Å²) in [4.78, 5) is 12.6. The van der Waals surface area contributed by atoms with Gasteiger partial charge < -0.3 is 10.1 Å². The molecule has 0 fully saturated rings. The van der Waals surface area contributed by atoms with Gasteiger partial charge in [0.25, 0.3) is 15.9 Å². The average molecular weight is 431 g/mol. The van der Waals surface area contributed by atoms with Crippen LogP contribution in [0.4, 0.5) is 11.4 Å². The number of hydrogen-bond donors (Lipinski definition) is 2. The lowest BCUT2D eigenvalue weighted by Crippen LogP contribution is -2.15. The maximum absolute atomic E-state index is 12.5. The zero-order chi connectivity index (χ0) is 21.0. The molecule has 0 aliphatic rings. The van der Waals surface area contributed by atoms with Crippen LogP contribution in [0.1, 0.15) is 15.9 Å². The molecule has 3 rings (SSSR count). The number of carbonyl (C=O) groups excluding carboxylic acids is 1. The lowest BCUT2D eigenvalue weighted by molar-refractivity contribution is 0.102. The van der Waals surface area contributed by atoms with Crippen molar-refractivity contribution in [2.24, 2.45) is 0 Å². The number of aryl methyl sites for hydroxylation is 1. The van der Waals surface area contributed by atoms with Gasteiger partial charge >= 0.3 is 0 Å². The lowest BCUT2D eigenvalue weighted by atomic mass is 10.2. The van der Waals surface area contributed by atoms with Gasteiger partial charge in [-0.3, -0.25) is 9.52 Å². The van der Waals surface area contributed by atoms with E-state index in [2.05, 4.69) is 10.0 Å². The highest BCUT2D eigenvalue weighted by Gasteiger charge is 2.17. The van der Waals surface area contributed by atoms with Gasteiger partial charge in [0.2, 0.25) is 0 Å². The maximum atomic E-state index is 12.5. The van der Waals surface area contributed by atoms with E-state index >= 15 is 0 Å². The first-order valence-corrected chi connectivity index (χ1v) is 10.5. The van der Waals surface area contributed by atoms with E-state index in [9.17, 15) is 13.2 Å². The standard InChI is InChI=1S/C21H19ClN2O4S/c1-14-3-10-18(11-4-14)29(26,27)24-20-12-5-15(13-19(20)22)21(25)23-16-6-8-17(28-2)9-7-16/h3-13,24H,1-2H3,(H,23,25). The first-order chi connectivity index (χ1) is 13.8. The van der Waals surface area contributed by atoms with Crippen molar-refractivity contribution in [1.29, 1.82) is 0 Å². The van der Waals surface area contributed by atoms with Crippen LogP contribution in [0.15, 0.2) is 71.6 Å². The molecule has 150 valence electrons. The van der Waals surface area contributed by atoms with Gasteiger partial charge in [-0.25, -0.2) is 8.42 Å². The Bertz CT molecular complexity index is 1130. The fraction of sp³-hybridized carbons (Fsp3) is 0.0952. The Morgan fingerprint density at radius 1 is 0.966 bits per heavy atom. The third kappa shape index (κ3) is 5.07. The Labute approximate surface area is 174 Å². The van der Waals surface area contributed by atoms with E-state index in [1.54, 1.807) is 43.5 Å². The molecule has 3 aromatic carbocycles. The van der Waals surface area contributed by atoms with Crippen LogP contribution in [-0.2, 0) is 10.0 Å². The number of methoxy groups -OCH3 is 1. The predicted octanol–water partition coefficient (Wildman–Crippen LogP) is 4.71. The predicted molar refractivity (Wildman–Crippen MR) is 114 cm³/mol. The van der Waals surface area contributed by atoms with Gasteiger partial charge in [-0.2, -0.15) is 0 Å². The smallest absolute Gasteiger partial charge is 0.261 e. The van der Waals surface area contributed by atoms with Crippen LogP contribution in [-0.4, -0.2) is 21.4 Å². The molecule has 6 nitrogen and oxygen atoms in total. The van der Waals surface area contributed by atoms with Crippen molar-refractivity contribution in [3.05, 3.63) is 82.9 Å². The molecule has 8 heteroatoms. The van der Waals surface area contributed by atoms with Gasteiger partial charge in [0.1, 0.15) is 5.75 Å². The normalized spacial score (nSPS) is 11.0. The molecule has 0 heterocycles. The summed E-state index contributed by atoms with van der Waals surface area (Å²) < 4.78 is 32.6. The molecule has 1 amide bonds. The summed E-state index contributed by atoms with van der Waals surface area (Å²) in [6.07, 6.45) is 0. The fourth-order valence-corrected chi connectivity index (χ4v) is 3.90. The summed E-state index contributed by atoms with van der Waals surface area (Å²) in [5, 5.41) is 2.86. The van der Waals surface area contributed by atoms with Crippen molar-refractivity contribution in [2.75, 3.05) is 17.1 Å². The number of anilines is 2. The van der Waals surface area contributed by atoms with Crippen LogP contribution in [0.5, 0.6) is 5.75 Å². The van der Waals surface area contributed by atoms with Gasteiger partial charge in [-0.15, -0.1) is 0 Å². The molecule has 3 aromatic rings. The van der Waals surface area contributed by atoms with E-state index in [1.165, 1.54) is 30.3 Å². The highest BCUT2D eigenvalue weighted by atomic mass is 35.5. The molecule has 0 aromatic heterocycles. The molecule has 0 unspecified atom stereocenters. The summed E-state index contributed by atoms with van der Waals surface area (Å²) in [6.45, 7) is 1.87. The Kier molecular flexibility index (Phi) is 6.10. The second-order valence-electron chi connectivity index (χ2n) is 6.30. The van der Waals surface area contributed by atoms with Gasteiger partial charge in [-0.05, 0) is 61.5 Å². The van der Waals surface area contributed by atoms with Crippen LogP contribution in [0.25, 0.3) is 0 Å². The minimum Gasteiger partial charge on any atom is -0.497 e. The minimum absolute atomic E-state index is 0.114. The molecule has 0 spiro atoms. The first-order valence-electron chi connectivity index (χ1n) is 8.63. The highest BCUT2D eigenvalue weighted by molar-refractivity contribution is 7.92. The molecule has 0 aliphatic carbocycles. The van der Waals surface area contributed by atoms with E-state index < -0.39 is 10.0 Å². The van der Waals surface area contributed by atoms with Crippen LogP contribution in [0.3, 0.4) is 0 Å². The number of halogens is 1. The van der Waals surface area contributed by atoms with Gasteiger partial charge in [0, 0.05) is 11.3 Å². The largest absolute Gasteiger partial charge is 0.497 e. The third-order valence-electron chi connectivity index (χ3n) is 4.15. The summed E-state index contributed by atoms with van der Waals surface area (Å²) in [7, 11) is -2.23. The second kappa shape index (κ2) is 8.55. The molecule has 0 saturated carbocycles. The molecule has 0 aliphatic heterocycles. The molecule has 0 saturated heterocycles.